The normalized spacial score (nSPS) is 16.9. The van der Waals surface area contributed by atoms with Gasteiger partial charge in [-0.3, -0.25) is 14.5 Å². The minimum Gasteiger partial charge on any atom is -0.324 e. The van der Waals surface area contributed by atoms with E-state index >= 15 is 0 Å². The number of carbonyl (C=O) groups is 1. The standard InChI is InChI=1S/C19H17ClFN3O3S/c1-11-15(20)4-3-5-16(11)23-17(25)10-22-19-12(2)18(28(26,27)24-19)13-6-8-14(21)9-7-13/h3-9H,10H2,1-2H3,(H,22,24)(H,23,25). The van der Waals surface area contributed by atoms with Crippen LogP contribution in [-0.2, 0) is 14.8 Å². The molecule has 0 saturated carbocycles. The fraction of sp³-hybridized carbons (Fsp3) is 0.158. The molecular formula is C19H17ClFN3O3S. The van der Waals surface area contributed by atoms with Gasteiger partial charge in [-0.05, 0) is 49.2 Å². The number of rotatable bonds is 4. The second-order valence-corrected chi connectivity index (χ2v) is 8.22. The number of nitrogens with one attached hydrogen (secondary N) is 2. The van der Waals surface area contributed by atoms with E-state index in [2.05, 4.69) is 15.0 Å². The van der Waals surface area contributed by atoms with Crippen LogP contribution in [0.5, 0.6) is 0 Å². The molecule has 2 aromatic carbocycles. The Hall–Kier alpha value is -2.71. The van der Waals surface area contributed by atoms with Crippen molar-refractivity contribution in [3.8, 4) is 0 Å². The summed E-state index contributed by atoms with van der Waals surface area (Å²) in [5.74, 6) is -0.801. The molecule has 0 aromatic heterocycles. The second kappa shape index (κ2) is 7.73. The van der Waals surface area contributed by atoms with E-state index in [0.29, 0.717) is 21.8 Å². The summed E-state index contributed by atoms with van der Waals surface area (Å²) in [5.41, 5.74) is 1.99. The molecule has 146 valence electrons. The van der Waals surface area contributed by atoms with Crippen LogP contribution in [0.3, 0.4) is 0 Å². The van der Waals surface area contributed by atoms with Crippen molar-refractivity contribution in [3.05, 3.63) is 70.0 Å². The molecule has 0 fully saturated rings. The summed E-state index contributed by atoms with van der Waals surface area (Å²) >= 11 is 6.03. The van der Waals surface area contributed by atoms with Gasteiger partial charge in [-0.15, -0.1) is 0 Å². The Balaban J connectivity index is 1.81. The van der Waals surface area contributed by atoms with Gasteiger partial charge in [0.15, 0.2) is 0 Å². The molecule has 0 radical (unpaired) electrons. The van der Waals surface area contributed by atoms with Crippen LogP contribution in [0.4, 0.5) is 10.1 Å². The van der Waals surface area contributed by atoms with Crippen LogP contribution in [0.25, 0.3) is 4.91 Å². The Morgan fingerprint density at radius 1 is 1.18 bits per heavy atom. The summed E-state index contributed by atoms with van der Waals surface area (Å²) in [6, 6.07) is 10.3. The molecule has 2 aromatic rings. The van der Waals surface area contributed by atoms with Crippen LogP contribution in [0.15, 0.2) is 53.0 Å². The Morgan fingerprint density at radius 3 is 2.54 bits per heavy atom. The second-order valence-electron chi connectivity index (χ2n) is 6.19. The minimum absolute atomic E-state index is 0.0114. The quantitative estimate of drug-likeness (QED) is 0.792. The van der Waals surface area contributed by atoms with Crippen molar-refractivity contribution in [2.75, 3.05) is 11.9 Å². The van der Waals surface area contributed by atoms with E-state index in [1.807, 2.05) is 0 Å². The zero-order valence-corrected chi connectivity index (χ0v) is 16.7. The smallest absolute Gasteiger partial charge is 0.264 e. The fourth-order valence-corrected chi connectivity index (χ4v) is 4.47. The lowest BCUT2D eigenvalue weighted by Gasteiger charge is -2.08. The third-order valence-electron chi connectivity index (χ3n) is 4.22. The van der Waals surface area contributed by atoms with Gasteiger partial charge in [0.25, 0.3) is 10.0 Å². The number of nitrogens with zero attached hydrogens (tertiary/aromatic N) is 1. The third-order valence-corrected chi connectivity index (χ3v) is 6.18. The Labute approximate surface area is 167 Å². The lowest BCUT2D eigenvalue weighted by Crippen LogP contribution is -2.25. The van der Waals surface area contributed by atoms with Gasteiger partial charge in [0.1, 0.15) is 23.1 Å². The summed E-state index contributed by atoms with van der Waals surface area (Å²) in [4.78, 5) is 16.3. The zero-order valence-electron chi connectivity index (χ0n) is 15.1. The first kappa shape index (κ1) is 20.0. The highest BCUT2D eigenvalue weighted by molar-refractivity contribution is 8.00. The van der Waals surface area contributed by atoms with Crippen molar-refractivity contribution in [1.29, 1.82) is 0 Å². The van der Waals surface area contributed by atoms with Crippen molar-refractivity contribution in [2.24, 2.45) is 4.99 Å². The van der Waals surface area contributed by atoms with Gasteiger partial charge in [0.05, 0.1) is 0 Å². The third kappa shape index (κ3) is 4.07. The maximum absolute atomic E-state index is 13.1. The topological polar surface area (TPSA) is 87.6 Å². The maximum Gasteiger partial charge on any atom is 0.264 e. The molecule has 3 rings (SSSR count). The summed E-state index contributed by atoms with van der Waals surface area (Å²) in [6.45, 7) is 3.07. The Kier molecular flexibility index (Phi) is 5.53. The predicted octanol–water partition coefficient (Wildman–Crippen LogP) is 3.49. The number of benzene rings is 2. The molecule has 0 atom stereocenters. The van der Waals surface area contributed by atoms with E-state index in [0.717, 1.165) is 5.56 Å². The molecule has 0 spiro atoms. The van der Waals surface area contributed by atoms with Gasteiger partial charge in [-0.25, -0.2) is 12.8 Å². The first-order valence-corrected chi connectivity index (χ1v) is 10.1. The molecule has 2 N–H and O–H groups in total. The SMILES string of the molecule is CC1=C(c2ccc(F)cc2)S(=O)(=O)NC1=NCC(=O)Nc1cccc(Cl)c1C. The van der Waals surface area contributed by atoms with Crippen LogP contribution in [0.2, 0.25) is 5.02 Å². The number of aliphatic imine (C=N–C) groups is 1. The number of sulfonamides is 1. The molecule has 0 saturated heterocycles. The van der Waals surface area contributed by atoms with Gasteiger partial charge in [0.2, 0.25) is 5.91 Å². The molecule has 1 amide bonds. The number of amides is 1. The number of hydrogen-bond acceptors (Lipinski definition) is 4. The number of hydrogen-bond donors (Lipinski definition) is 2. The van der Waals surface area contributed by atoms with E-state index in [9.17, 15) is 17.6 Å². The highest BCUT2D eigenvalue weighted by atomic mass is 35.5. The highest BCUT2D eigenvalue weighted by Gasteiger charge is 2.32. The molecule has 28 heavy (non-hydrogen) atoms. The largest absolute Gasteiger partial charge is 0.324 e. The van der Waals surface area contributed by atoms with Crippen molar-refractivity contribution >= 4 is 44.0 Å². The Bertz CT molecular complexity index is 1110. The zero-order chi connectivity index (χ0) is 20.5. The number of halogens is 2. The van der Waals surface area contributed by atoms with Gasteiger partial charge in [-0.2, -0.15) is 0 Å². The molecule has 1 heterocycles. The Morgan fingerprint density at radius 2 is 1.86 bits per heavy atom. The van der Waals surface area contributed by atoms with E-state index in [4.69, 9.17) is 11.6 Å². The first-order chi connectivity index (χ1) is 13.2. The molecule has 0 unspecified atom stereocenters. The van der Waals surface area contributed by atoms with Crippen molar-refractivity contribution in [3.63, 3.8) is 0 Å². The van der Waals surface area contributed by atoms with E-state index in [-0.39, 0.29) is 17.3 Å². The number of anilines is 1. The molecular weight excluding hydrogens is 405 g/mol. The van der Waals surface area contributed by atoms with E-state index in [1.54, 1.807) is 32.0 Å². The fourth-order valence-electron chi connectivity index (χ4n) is 2.77. The highest BCUT2D eigenvalue weighted by Crippen LogP contribution is 2.30. The predicted molar refractivity (Wildman–Crippen MR) is 108 cm³/mol. The van der Waals surface area contributed by atoms with Crippen LogP contribution in [-0.4, -0.2) is 26.7 Å². The molecule has 1 aliphatic rings. The molecule has 0 bridgehead atoms. The van der Waals surface area contributed by atoms with E-state index in [1.165, 1.54) is 24.3 Å². The average molecular weight is 422 g/mol. The maximum atomic E-state index is 13.1. The molecule has 9 heteroatoms. The van der Waals surface area contributed by atoms with Crippen LogP contribution >= 0.6 is 11.6 Å². The van der Waals surface area contributed by atoms with Crippen molar-refractivity contribution in [1.82, 2.24) is 4.72 Å². The monoisotopic (exact) mass is 421 g/mol. The summed E-state index contributed by atoms with van der Waals surface area (Å²) < 4.78 is 40.3. The van der Waals surface area contributed by atoms with Gasteiger partial charge >= 0.3 is 0 Å². The van der Waals surface area contributed by atoms with Gasteiger partial charge in [-0.1, -0.05) is 29.8 Å². The number of amidine groups is 1. The molecule has 6 nitrogen and oxygen atoms in total. The van der Waals surface area contributed by atoms with Gasteiger partial charge < -0.3 is 5.32 Å². The summed E-state index contributed by atoms with van der Waals surface area (Å²) in [6.07, 6.45) is 0. The number of carbonyl (C=O) groups excluding carboxylic acids is 1. The van der Waals surface area contributed by atoms with Gasteiger partial charge in [0, 0.05) is 16.3 Å². The lowest BCUT2D eigenvalue weighted by molar-refractivity contribution is -0.114. The van der Waals surface area contributed by atoms with Crippen molar-refractivity contribution < 1.29 is 17.6 Å². The molecule has 0 aliphatic carbocycles. The molecule has 1 aliphatic heterocycles. The summed E-state index contributed by atoms with van der Waals surface area (Å²) in [5, 5.41) is 3.22. The minimum atomic E-state index is -3.84. The van der Waals surface area contributed by atoms with Crippen LogP contribution in [0.1, 0.15) is 18.1 Å². The van der Waals surface area contributed by atoms with Crippen LogP contribution < -0.4 is 10.0 Å². The van der Waals surface area contributed by atoms with E-state index < -0.39 is 21.7 Å². The van der Waals surface area contributed by atoms with Crippen molar-refractivity contribution in [2.45, 2.75) is 13.8 Å². The average Bonchev–Trinajstić information content (AvgIpc) is 2.87. The lowest BCUT2D eigenvalue weighted by atomic mass is 10.1. The van der Waals surface area contributed by atoms with Crippen LogP contribution in [0, 0.1) is 12.7 Å². The summed E-state index contributed by atoms with van der Waals surface area (Å²) in [7, 11) is -3.84. The first-order valence-electron chi connectivity index (χ1n) is 8.28.